The highest BCUT2D eigenvalue weighted by atomic mass is 16.5. The molecule has 5 nitrogen and oxygen atoms in total. The van der Waals surface area contributed by atoms with Gasteiger partial charge in [-0.25, -0.2) is 9.67 Å². The third-order valence-electron chi connectivity index (χ3n) is 7.41. The zero-order chi connectivity index (χ0) is 26.9. The molecule has 0 fully saturated rings. The van der Waals surface area contributed by atoms with Gasteiger partial charge in [0.05, 0.1) is 11.4 Å². The first-order valence-corrected chi connectivity index (χ1v) is 13.0. The number of aromatic nitrogens is 2. The van der Waals surface area contributed by atoms with Gasteiger partial charge in [0.15, 0.2) is 5.69 Å². The number of hydrogen-bond acceptors (Lipinski definition) is 3. The molecule has 1 atom stereocenters. The molecule has 1 aromatic heterocycles. The second-order valence-electron chi connectivity index (χ2n) is 9.75. The van der Waals surface area contributed by atoms with Gasteiger partial charge >= 0.3 is 0 Å². The Hall–Kier alpha value is -4.90. The Balaban J connectivity index is 1.58. The SMILES string of the molecule is Cc1ccccc1[C@@H]1C(C=Nc2c(C)n(C)n(-c3ccccc3)c2=O)=C(c2ccccc2)Oc2ccccc21. The summed E-state index contributed by atoms with van der Waals surface area (Å²) in [5.41, 5.74) is 7.11. The molecule has 1 aliphatic heterocycles. The molecule has 0 bridgehead atoms. The lowest BCUT2D eigenvalue weighted by atomic mass is 9.80. The molecule has 0 radical (unpaired) electrons. The van der Waals surface area contributed by atoms with Gasteiger partial charge in [-0.3, -0.25) is 9.48 Å². The van der Waals surface area contributed by atoms with Crippen molar-refractivity contribution in [1.82, 2.24) is 9.36 Å². The van der Waals surface area contributed by atoms with Crippen LogP contribution in [0.4, 0.5) is 5.69 Å². The number of hydrogen-bond donors (Lipinski definition) is 0. The fourth-order valence-corrected chi connectivity index (χ4v) is 5.31. The van der Waals surface area contributed by atoms with Crippen molar-refractivity contribution in [2.24, 2.45) is 12.0 Å². The highest BCUT2D eigenvalue weighted by Gasteiger charge is 2.32. The molecule has 5 heteroatoms. The number of benzene rings is 4. The average molecular weight is 512 g/mol. The predicted octanol–water partition coefficient (Wildman–Crippen LogP) is 7.13. The van der Waals surface area contributed by atoms with E-state index >= 15 is 0 Å². The Kier molecular flexibility index (Phi) is 6.33. The van der Waals surface area contributed by atoms with Crippen LogP contribution in [0.25, 0.3) is 11.4 Å². The van der Waals surface area contributed by atoms with Gasteiger partial charge in [-0.15, -0.1) is 0 Å². The monoisotopic (exact) mass is 511 g/mol. The quantitative estimate of drug-likeness (QED) is 0.236. The summed E-state index contributed by atoms with van der Waals surface area (Å²) in [5, 5.41) is 0. The van der Waals surface area contributed by atoms with Gasteiger partial charge in [0.1, 0.15) is 11.5 Å². The average Bonchev–Trinajstić information content (AvgIpc) is 3.19. The lowest BCUT2D eigenvalue weighted by Crippen LogP contribution is -2.19. The Bertz CT molecular complexity index is 1780. The zero-order valence-electron chi connectivity index (χ0n) is 22.2. The van der Waals surface area contributed by atoms with E-state index in [2.05, 4.69) is 37.3 Å². The first kappa shape index (κ1) is 24.4. The predicted molar refractivity (Wildman–Crippen MR) is 157 cm³/mol. The first-order valence-electron chi connectivity index (χ1n) is 13.0. The molecular weight excluding hydrogens is 482 g/mol. The van der Waals surface area contributed by atoms with E-state index in [0.29, 0.717) is 5.69 Å². The maximum Gasteiger partial charge on any atom is 0.297 e. The molecule has 0 saturated heterocycles. The van der Waals surface area contributed by atoms with E-state index in [1.165, 1.54) is 11.1 Å². The number of aryl methyl sites for hydroxylation is 1. The molecule has 5 aromatic rings. The fraction of sp³-hybridized carbons (Fsp3) is 0.118. The highest BCUT2D eigenvalue weighted by Crippen LogP contribution is 2.46. The second-order valence-corrected chi connectivity index (χ2v) is 9.75. The molecule has 4 aromatic carbocycles. The summed E-state index contributed by atoms with van der Waals surface area (Å²) >= 11 is 0. The molecule has 0 unspecified atom stereocenters. The maximum absolute atomic E-state index is 13.6. The van der Waals surface area contributed by atoms with Crippen LogP contribution in [-0.4, -0.2) is 15.6 Å². The molecule has 0 spiro atoms. The van der Waals surface area contributed by atoms with Crippen LogP contribution in [0, 0.1) is 13.8 Å². The van der Waals surface area contributed by atoms with Crippen LogP contribution in [-0.2, 0) is 7.05 Å². The van der Waals surface area contributed by atoms with Gasteiger partial charge in [0.25, 0.3) is 5.56 Å². The summed E-state index contributed by atoms with van der Waals surface area (Å²) in [6, 6.07) is 36.3. The second kappa shape index (κ2) is 10.1. The summed E-state index contributed by atoms with van der Waals surface area (Å²) in [6.45, 7) is 4.05. The summed E-state index contributed by atoms with van der Waals surface area (Å²) in [5.74, 6) is 1.45. The van der Waals surface area contributed by atoms with Gasteiger partial charge in [-0.05, 0) is 43.2 Å². The molecule has 0 N–H and O–H groups in total. The van der Waals surface area contributed by atoms with E-state index in [0.717, 1.165) is 39.6 Å². The topological polar surface area (TPSA) is 48.5 Å². The van der Waals surface area contributed by atoms with Crippen molar-refractivity contribution in [2.45, 2.75) is 19.8 Å². The Morgan fingerprint density at radius 1 is 0.769 bits per heavy atom. The zero-order valence-corrected chi connectivity index (χ0v) is 22.2. The normalized spacial score (nSPS) is 14.9. The van der Waals surface area contributed by atoms with Crippen molar-refractivity contribution in [3.63, 3.8) is 0 Å². The first-order chi connectivity index (χ1) is 19.0. The van der Waals surface area contributed by atoms with Crippen LogP contribution in [0.2, 0.25) is 0 Å². The third kappa shape index (κ3) is 4.32. The molecule has 6 rings (SSSR count). The van der Waals surface area contributed by atoms with E-state index < -0.39 is 0 Å². The van der Waals surface area contributed by atoms with Crippen molar-refractivity contribution in [1.29, 1.82) is 0 Å². The van der Waals surface area contributed by atoms with Crippen molar-refractivity contribution >= 4 is 17.7 Å². The van der Waals surface area contributed by atoms with Crippen molar-refractivity contribution in [3.05, 3.63) is 153 Å². The maximum atomic E-state index is 13.6. The van der Waals surface area contributed by atoms with Crippen molar-refractivity contribution in [2.75, 3.05) is 0 Å². The largest absolute Gasteiger partial charge is 0.456 e. The molecule has 1 aliphatic rings. The van der Waals surface area contributed by atoms with Gasteiger partial charge in [0.2, 0.25) is 0 Å². The molecule has 0 amide bonds. The van der Waals surface area contributed by atoms with Crippen LogP contribution in [0.1, 0.15) is 33.9 Å². The Morgan fingerprint density at radius 2 is 1.38 bits per heavy atom. The number of para-hydroxylation sites is 2. The minimum absolute atomic E-state index is 0.115. The lowest BCUT2D eigenvalue weighted by Gasteiger charge is -2.30. The van der Waals surface area contributed by atoms with Gasteiger partial charge in [-0.1, -0.05) is 91.0 Å². The summed E-state index contributed by atoms with van der Waals surface area (Å²) < 4.78 is 10.1. The minimum Gasteiger partial charge on any atom is -0.456 e. The number of ether oxygens (including phenoxy) is 1. The van der Waals surface area contributed by atoms with Crippen molar-refractivity contribution < 1.29 is 4.74 Å². The van der Waals surface area contributed by atoms with Gasteiger partial charge < -0.3 is 4.74 Å². The number of aliphatic imine (C=N–C) groups is 1. The van der Waals surface area contributed by atoms with E-state index in [1.54, 1.807) is 4.68 Å². The van der Waals surface area contributed by atoms with E-state index in [1.807, 2.05) is 104 Å². The summed E-state index contributed by atoms with van der Waals surface area (Å²) in [6.07, 6.45) is 1.83. The van der Waals surface area contributed by atoms with Crippen molar-refractivity contribution in [3.8, 4) is 11.4 Å². The molecule has 2 heterocycles. The van der Waals surface area contributed by atoms with Crippen LogP contribution in [0.5, 0.6) is 5.75 Å². The molecule has 192 valence electrons. The standard InChI is InChI=1S/C34H29N3O2/c1-23-14-10-11-19-27(23)31-28-20-12-13-21-30(28)39-33(25-15-6-4-7-16-25)29(31)22-35-32-24(2)36(3)37(34(32)38)26-17-8-5-9-18-26/h4-22,31H,1-3H3/t31-/m0/s1. The van der Waals surface area contributed by atoms with Crippen LogP contribution in [0.15, 0.2) is 125 Å². The van der Waals surface area contributed by atoms with Crippen LogP contribution in [0.3, 0.4) is 0 Å². The summed E-state index contributed by atoms with van der Waals surface area (Å²) in [4.78, 5) is 18.5. The van der Waals surface area contributed by atoms with E-state index in [9.17, 15) is 4.79 Å². The van der Waals surface area contributed by atoms with Gasteiger partial charge in [0, 0.05) is 35.9 Å². The smallest absolute Gasteiger partial charge is 0.297 e. The molecule has 0 saturated carbocycles. The summed E-state index contributed by atoms with van der Waals surface area (Å²) in [7, 11) is 1.88. The minimum atomic E-state index is -0.163. The van der Waals surface area contributed by atoms with Crippen LogP contribution < -0.4 is 10.3 Å². The molecule has 39 heavy (non-hydrogen) atoms. The van der Waals surface area contributed by atoms with E-state index in [4.69, 9.17) is 9.73 Å². The number of nitrogens with zero attached hydrogens (tertiary/aromatic N) is 3. The molecular formula is C34H29N3O2. The highest BCUT2D eigenvalue weighted by molar-refractivity contribution is 5.95. The number of rotatable bonds is 5. The fourth-order valence-electron chi connectivity index (χ4n) is 5.31. The Labute approximate surface area is 228 Å². The van der Waals surface area contributed by atoms with Crippen LogP contribution >= 0.6 is 0 Å². The number of allylic oxidation sites excluding steroid dienone is 1. The number of fused-ring (bicyclic) bond motifs is 1. The van der Waals surface area contributed by atoms with E-state index in [-0.39, 0.29) is 11.5 Å². The van der Waals surface area contributed by atoms with Gasteiger partial charge in [-0.2, -0.15) is 0 Å². The lowest BCUT2D eigenvalue weighted by molar-refractivity contribution is 0.489. The third-order valence-corrected chi connectivity index (χ3v) is 7.41. The Morgan fingerprint density at radius 3 is 2.10 bits per heavy atom. The molecule has 0 aliphatic carbocycles.